The molecule has 0 saturated carbocycles. The second-order valence-electron chi connectivity index (χ2n) is 27.0. The second kappa shape index (κ2) is 28.7. The lowest BCUT2D eigenvalue weighted by atomic mass is 10.1. The number of para-hydroxylation sites is 12. The molecule has 540 valence electrons. The number of nitrogens with two attached hydrogens (primary N) is 1. The molecule has 3 N–H and O–H groups in total. The van der Waals surface area contributed by atoms with Gasteiger partial charge in [0.15, 0.2) is 17.1 Å². The number of aromatic nitrogens is 6. The van der Waals surface area contributed by atoms with Gasteiger partial charge in [-0.15, -0.1) is 0 Å². The van der Waals surface area contributed by atoms with Gasteiger partial charge in [0.05, 0.1) is 92.6 Å². The molecule has 0 fully saturated rings. The zero-order valence-corrected chi connectivity index (χ0v) is 61.7. The van der Waals surface area contributed by atoms with Crippen LogP contribution >= 0.6 is 15.9 Å². The van der Waals surface area contributed by atoms with E-state index in [2.05, 4.69) is 139 Å². The Morgan fingerprint density at radius 3 is 1.19 bits per heavy atom. The summed E-state index contributed by atoms with van der Waals surface area (Å²) in [5.41, 5.74) is 28.3. The van der Waals surface area contributed by atoms with Gasteiger partial charge >= 0.3 is 0 Å². The molecule has 22 rings (SSSR count). The van der Waals surface area contributed by atoms with E-state index in [0.717, 1.165) is 110 Å². The van der Waals surface area contributed by atoms with Crippen LogP contribution in [0.4, 0.5) is 60.0 Å². The molecular weight excluding hydrogens is 1490 g/mol. The highest BCUT2D eigenvalue weighted by atomic mass is 79.9. The van der Waals surface area contributed by atoms with Gasteiger partial charge < -0.3 is 42.9 Å². The Labute approximate surface area is 657 Å². The van der Waals surface area contributed by atoms with Crippen molar-refractivity contribution in [3.05, 3.63) is 378 Å². The van der Waals surface area contributed by atoms with Gasteiger partial charge in [-0.05, 0) is 182 Å². The quantitative estimate of drug-likeness (QED) is 0.112. The predicted molar refractivity (Wildman–Crippen MR) is 457 cm³/mol. The fraction of sp³-hybridized carbons (Fsp3) is 0. The van der Waals surface area contributed by atoms with Crippen molar-refractivity contribution in [1.82, 2.24) is 28.7 Å². The van der Waals surface area contributed by atoms with Crippen LogP contribution in [0.25, 0.3) is 165 Å². The third-order valence-electron chi connectivity index (χ3n) is 20.3. The minimum absolute atomic E-state index is 0.244. The average Bonchev–Trinajstić information content (AvgIpc) is 1.48. The van der Waals surface area contributed by atoms with Crippen LogP contribution in [-0.4, -0.2) is 28.7 Å². The van der Waals surface area contributed by atoms with Crippen LogP contribution in [0.1, 0.15) is 0 Å². The van der Waals surface area contributed by atoms with Gasteiger partial charge in [0.2, 0.25) is 17.7 Å². The monoisotopic (exact) mass is 1540 g/mol. The van der Waals surface area contributed by atoms with E-state index < -0.39 is 0 Å². The summed E-state index contributed by atoms with van der Waals surface area (Å²) in [4.78, 5) is 26.2. The molecule has 0 atom stereocenters. The molecule has 15 nitrogen and oxygen atoms in total. The van der Waals surface area contributed by atoms with Crippen LogP contribution in [0.2, 0.25) is 0 Å². The third kappa shape index (κ3) is 12.2. The molecule has 21 aromatic rings. The van der Waals surface area contributed by atoms with Crippen molar-refractivity contribution in [3.8, 4) is 51.4 Å². The lowest BCUT2D eigenvalue weighted by Crippen LogP contribution is -2.17. The van der Waals surface area contributed by atoms with E-state index in [0.29, 0.717) is 73.7 Å². The molecule has 7 heterocycles. The van der Waals surface area contributed by atoms with Crippen molar-refractivity contribution in [2.75, 3.05) is 16.0 Å². The van der Waals surface area contributed by atoms with E-state index in [1.807, 2.05) is 185 Å². The van der Waals surface area contributed by atoms with Gasteiger partial charge in [-0.3, -0.25) is 0 Å². The number of halogens is 3. The first-order valence-electron chi connectivity index (χ1n) is 36.3. The topological polar surface area (TPSA) is 147 Å². The summed E-state index contributed by atoms with van der Waals surface area (Å²) in [5.74, 6) is 1.10. The number of oxazole rings is 3. The van der Waals surface area contributed by atoms with Crippen molar-refractivity contribution >= 4 is 166 Å². The first-order chi connectivity index (χ1) is 56.0. The molecule has 6 aromatic heterocycles. The van der Waals surface area contributed by atoms with E-state index in [-0.39, 0.29) is 11.6 Å². The Morgan fingerprint density at radius 2 is 0.711 bits per heavy atom. The number of hydrogen-bond donors (Lipinski definition) is 2. The summed E-state index contributed by atoms with van der Waals surface area (Å²) in [7, 11) is 0. The Bertz CT molecular complexity index is 7520. The normalized spacial score (nSPS) is 11.5. The Morgan fingerprint density at radius 1 is 0.342 bits per heavy atom. The number of rotatable bonds is 8. The highest BCUT2D eigenvalue weighted by Crippen LogP contribution is 2.50. The molecule has 0 bridgehead atoms. The molecule has 15 aromatic carbocycles. The highest BCUT2D eigenvalue weighted by molar-refractivity contribution is 9.10. The molecule has 0 unspecified atom stereocenters. The number of nitrogens with zero attached hydrogens (tertiary/aromatic N) is 10. The number of benzene rings is 15. The summed E-state index contributed by atoms with van der Waals surface area (Å²) >= 11 is 3.39. The lowest BCUT2D eigenvalue weighted by molar-refractivity contribution is 0.619. The Balaban J connectivity index is 0.000000107. The molecule has 114 heavy (non-hydrogen) atoms. The second-order valence-corrected chi connectivity index (χ2v) is 27.9. The largest absolute Gasteiger partial charge is 0.437 e. The molecule has 1 aliphatic rings. The van der Waals surface area contributed by atoms with E-state index in [4.69, 9.17) is 38.7 Å². The van der Waals surface area contributed by atoms with Crippen molar-refractivity contribution in [3.63, 3.8) is 0 Å². The number of nitrogen functional groups attached to an aromatic ring is 1. The highest BCUT2D eigenvalue weighted by Gasteiger charge is 2.29. The summed E-state index contributed by atoms with van der Waals surface area (Å²) in [6.45, 7) is 21.4. The molecular formula is C96H57BrF2N12O3. The molecule has 0 aliphatic carbocycles. The molecule has 18 heteroatoms. The summed E-state index contributed by atoms with van der Waals surface area (Å²) in [5, 5.41) is 9.80. The lowest BCUT2D eigenvalue weighted by Gasteiger charge is -2.33. The van der Waals surface area contributed by atoms with Crippen LogP contribution < -0.4 is 16.0 Å². The van der Waals surface area contributed by atoms with Gasteiger partial charge in [-0.25, -0.2) is 38.3 Å². The summed E-state index contributed by atoms with van der Waals surface area (Å²) in [6.07, 6.45) is 0. The van der Waals surface area contributed by atoms with Gasteiger partial charge in [0.25, 0.3) is 0 Å². The average molecular weight is 1540 g/mol. The van der Waals surface area contributed by atoms with Crippen LogP contribution in [0, 0.1) is 31.4 Å². The van der Waals surface area contributed by atoms with Gasteiger partial charge in [0, 0.05) is 64.9 Å². The standard InChI is InChI=1S/C32H19FN4O.C32H18N4O.C18H13FN2.C14H7BrN2O/c1-34-22-17-18-27-30(19-22)38-32(36-27)20-13-15-21(16-14-20)35-26-10-3-5-12-29(26)37-28-11-4-2-7-23(28)24-8-6-9-25(33)31(24)37;1-33-21-15-18-25-30(19-21)37-32(34-25)20-13-16-22(17-14-20)35-27-10-4-5-11-28(27)36-26-9-3-2-7-23(26)24-8-6-12-29(35)31(24)36;19-14-8-5-7-13-12-6-1-3-10-16(12)21(18(13)14)17-11-4-2-9-15(17)20;1-16-11-6-7-12-13(8-11)18-14(17-12)9-2-4-10(15)5-3-9/h2-19,35H;2-19H;1-11H,20H2;2-8H. The first-order valence-corrected chi connectivity index (χ1v) is 37.1. The van der Waals surface area contributed by atoms with Crippen molar-refractivity contribution in [1.29, 1.82) is 0 Å². The van der Waals surface area contributed by atoms with E-state index in [1.165, 1.54) is 33.9 Å². The maximum atomic E-state index is 15.2. The van der Waals surface area contributed by atoms with Crippen LogP contribution in [0.5, 0.6) is 0 Å². The number of fused-ring (bicyclic) bond motifs is 14. The van der Waals surface area contributed by atoms with Crippen molar-refractivity contribution in [2.24, 2.45) is 0 Å². The van der Waals surface area contributed by atoms with Crippen LogP contribution in [0.15, 0.2) is 345 Å². The predicted octanol–water partition coefficient (Wildman–Crippen LogP) is 27.3. The SMILES string of the molecule is Nc1ccccc1-n1c2ccccc2c2cccc(F)c21.[C-]#[N+]c1ccc2nc(-c3ccc(Br)cc3)oc2c1.[C-]#[N+]c1ccc2nc(-c3ccc(N4c5ccccc5-n5c6ccccc6c6cccc4c65)cc3)oc2c1.[C-]#[N+]c1ccc2nc(-c3ccc(Nc4ccccc4-n4c5ccccc5c5cccc(F)c54)cc3)oc2c1. The van der Waals surface area contributed by atoms with Crippen molar-refractivity contribution in [2.45, 2.75) is 0 Å². The maximum absolute atomic E-state index is 15.2. The van der Waals surface area contributed by atoms with E-state index in [1.54, 1.807) is 60.7 Å². The molecule has 1 aliphatic heterocycles. The zero-order chi connectivity index (χ0) is 77.1. The smallest absolute Gasteiger partial charge is 0.227 e. The van der Waals surface area contributed by atoms with E-state index in [9.17, 15) is 4.39 Å². The van der Waals surface area contributed by atoms with E-state index >= 15 is 4.39 Å². The Hall–Kier alpha value is -15.7. The minimum atomic E-state index is -0.264. The third-order valence-corrected chi connectivity index (χ3v) is 20.8. The first kappa shape index (κ1) is 68.8. The fourth-order valence-electron chi connectivity index (χ4n) is 15.1. The fourth-order valence-corrected chi connectivity index (χ4v) is 15.4. The summed E-state index contributed by atoms with van der Waals surface area (Å²) in [6, 6.07) is 105. The number of hydrogen-bond acceptors (Lipinski definition) is 9. The molecule has 0 saturated heterocycles. The van der Waals surface area contributed by atoms with Gasteiger partial charge in [-0.1, -0.05) is 162 Å². The number of nitrogens with one attached hydrogen (secondary N) is 1. The van der Waals surface area contributed by atoms with Crippen LogP contribution in [-0.2, 0) is 0 Å². The molecule has 0 spiro atoms. The zero-order valence-electron chi connectivity index (χ0n) is 60.1. The minimum Gasteiger partial charge on any atom is -0.437 e. The van der Waals surface area contributed by atoms with Crippen molar-refractivity contribution < 1.29 is 22.0 Å². The molecule has 0 amide bonds. The van der Waals surface area contributed by atoms with Crippen LogP contribution in [0.3, 0.4) is 0 Å². The molecule has 0 radical (unpaired) electrons. The number of anilines is 6. The Kier molecular flexibility index (Phi) is 17.3. The maximum Gasteiger partial charge on any atom is 0.227 e. The van der Waals surface area contributed by atoms with Gasteiger partial charge in [0.1, 0.15) is 44.9 Å². The summed E-state index contributed by atoms with van der Waals surface area (Å²) < 4.78 is 54.5. The van der Waals surface area contributed by atoms with Gasteiger partial charge in [-0.2, -0.15) is 0 Å².